The highest BCUT2D eigenvalue weighted by Crippen LogP contribution is 2.66. The van der Waals surface area contributed by atoms with Crippen LogP contribution in [-0.4, -0.2) is 54.6 Å². The predicted octanol–water partition coefficient (Wildman–Crippen LogP) is 4.40. The number of benzene rings is 2. The van der Waals surface area contributed by atoms with Crippen LogP contribution in [0.1, 0.15) is 54.4 Å². The summed E-state index contributed by atoms with van der Waals surface area (Å²) in [7, 11) is 1.63. The Morgan fingerprint density at radius 1 is 1.16 bits per heavy atom. The second-order valence-electron chi connectivity index (χ2n) is 11.5. The molecule has 5 aliphatic rings. The zero-order valence-electron chi connectivity index (χ0n) is 21.5. The summed E-state index contributed by atoms with van der Waals surface area (Å²) < 4.78 is 18.8. The van der Waals surface area contributed by atoms with Crippen molar-refractivity contribution in [2.45, 2.75) is 68.6 Å². The minimum absolute atomic E-state index is 0.0182. The molecule has 6 heteroatoms. The lowest BCUT2D eigenvalue weighted by Crippen LogP contribution is -2.77. The summed E-state index contributed by atoms with van der Waals surface area (Å²) in [5, 5.41) is 0. The van der Waals surface area contributed by atoms with Crippen molar-refractivity contribution in [1.29, 1.82) is 0 Å². The van der Waals surface area contributed by atoms with Gasteiger partial charge in [0.25, 0.3) is 0 Å². The topological polar surface area (TPSA) is 65.1 Å². The van der Waals surface area contributed by atoms with Gasteiger partial charge >= 0.3 is 5.97 Å². The highest BCUT2D eigenvalue weighted by molar-refractivity contribution is 5.92. The number of methoxy groups -OCH3 is 1. The van der Waals surface area contributed by atoms with E-state index in [9.17, 15) is 9.59 Å². The molecule has 2 heterocycles. The third-order valence-corrected chi connectivity index (χ3v) is 9.49. The Bertz CT molecular complexity index is 1310. The Morgan fingerprint density at radius 3 is 2.73 bits per heavy atom. The van der Waals surface area contributed by atoms with Crippen LogP contribution in [-0.2, 0) is 26.2 Å². The maximum Gasteiger partial charge on any atom is 0.331 e. The van der Waals surface area contributed by atoms with Crippen LogP contribution >= 0.6 is 0 Å². The van der Waals surface area contributed by atoms with Crippen molar-refractivity contribution in [1.82, 2.24) is 4.90 Å². The van der Waals surface area contributed by atoms with E-state index >= 15 is 0 Å². The van der Waals surface area contributed by atoms with E-state index in [1.165, 1.54) is 24.0 Å². The van der Waals surface area contributed by atoms with E-state index in [1.54, 1.807) is 13.2 Å². The zero-order valence-corrected chi connectivity index (χ0v) is 21.5. The molecule has 0 unspecified atom stereocenters. The van der Waals surface area contributed by atoms with Gasteiger partial charge < -0.3 is 14.2 Å². The fourth-order valence-corrected chi connectivity index (χ4v) is 7.65. The van der Waals surface area contributed by atoms with E-state index in [2.05, 4.69) is 11.0 Å². The van der Waals surface area contributed by atoms with Crippen molar-refractivity contribution in [3.8, 4) is 11.5 Å². The molecule has 37 heavy (non-hydrogen) atoms. The summed E-state index contributed by atoms with van der Waals surface area (Å²) in [5.74, 6) is 1.78. The summed E-state index contributed by atoms with van der Waals surface area (Å²) >= 11 is 0. The van der Waals surface area contributed by atoms with E-state index in [4.69, 9.17) is 14.2 Å². The zero-order chi connectivity index (χ0) is 25.4. The Hall–Kier alpha value is -3.12. The molecular weight excluding hydrogens is 466 g/mol. The molecule has 2 aliphatic heterocycles. The lowest BCUT2D eigenvalue weighted by molar-refractivity contribution is -0.212. The molecule has 2 aromatic carbocycles. The number of hydrogen-bond donors (Lipinski definition) is 0. The monoisotopic (exact) mass is 499 g/mol. The molecule has 2 saturated carbocycles. The summed E-state index contributed by atoms with van der Waals surface area (Å²) in [6.45, 7) is 3.95. The number of Topliss-reactive ketones (excluding diaryl/α,β-unsaturated/α-hetero) is 1. The Morgan fingerprint density at radius 2 is 1.97 bits per heavy atom. The average molecular weight is 500 g/mol. The predicted molar refractivity (Wildman–Crippen MR) is 139 cm³/mol. The van der Waals surface area contributed by atoms with Crippen LogP contribution in [0.15, 0.2) is 42.5 Å². The van der Waals surface area contributed by atoms with Crippen LogP contribution in [0.25, 0.3) is 6.08 Å². The van der Waals surface area contributed by atoms with Gasteiger partial charge in [-0.2, -0.15) is 0 Å². The van der Waals surface area contributed by atoms with Gasteiger partial charge in [-0.3, -0.25) is 9.69 Å². The maximum absolute atomic E-state index is 13.5. The second-order valence-corrected chi connectivity index (χ2v) is 11.5. The third kappa shape index (κ3) is 3.27. The number of aryl methyl sites for hydroxylation is 1. The molecule has 0 amide bonds. The number of likely N-dealkylation sites (tertiary alicyclic amines) is 1. The Balaban J connectivity index is 1.34. The van der Waals surface area contributed by atoms with E-state index in [1.807, 2.05) is 43.3 Å². The first kappa shape index (κ1) is 23.0. The Labute approximate surface area is 217 Å². The molecule has 3 aliphatic carbocycles. The number of piperidine rings is 1. The van der Waals surface area contributed by atoms with Crippen molar-refractivity contribution in [3.05, 3.63) is 64.7 Å². The minimum Gasteiger partial charge on any atom is -0.493 e. The lowest BCUT2D eigenvalue weighted by Gasteiger charge is -2.63. The molecule has 0 aromatic heterocycles. The summed E-state index contributed by atoms with van der Waals surface area (Å²) in [5.41, 5.74) is 2.86. The highest BCUT2D eigenvalue weighted by Gasteiger charge is 2.75. The number of ether oxygens (including phenoxy) is 3. The second kappa shape index (κ2) is 8.19. The Kier molecular flexibility index (Phi) is 5.10. The molecule has 7 rings (SSSR count). The van der Waals surface area contributed by atoms with E-state index in [-0.39, 0.29) is 17.8 Å². The van der Waals surface area contributed by atoms with Gasteiger partial charge in [0.1, 0.15) is 5.60 Å². The van der Waals surface area contributed by atoms with E-state index in [0.29, 0.717) is 24.3 Å². The van der Waals surface area contributed by atoms with Gasteiger partial charge in [-0.1, -0.05) is 35.9 Å². The largest absolute Gasteiger partial charge is 0.493 e. The lowest BCUT2D eigenvalue weighted by atomic mass is 9.48. The number of hydrogen-bond acceptors (Lipinski definition) is 6. The molecular formula is C31H33NO5. The standard InChI is InChI=1S/C31H33NO5/c1-19-3-5-20(6-4-19)9-12-26(34)37-31-14-13-23(33)29-30(31)15-16-32(18-21-7-8-21)25(31)17-22-10-11-24(35-2)28(36-29)27(22)30/h3-6,9-12,21,25,29H,7-8,13-18H2,1-2H3/b12-9+/t25-,29+,30+,31-/m1/s1. The molecule has 6 nitrogen and oxygen atoms in total. The van der Waals surface area contributed by atoms with Crippen LogP contribution in [0.4, 0.5) is 0 Å². The van der Waals surface area contributed by atoms with Crippen molar-refractivity contribution < 1.29 is 23.8 Å². The molecule has 4 atom stereocenters. The van der Waals surface area contributed by atoms with Gasteiger partial charge in [0.05, 0.1) is 18.6 Å². The first-order valence-electron chi connectivity index (χ1n) is 13.6. The van der Waals surface area contributed by atoms with Crippen LogP contribution in [0.5, 0.6) is 11.5 Å². The van der Waals surface area contributed by atoms with Gasteiger partial charge in [0.15, 0.2) is 23.4 Å². The fraction of sp³-hybridized carbons (Fsp3) is 0.484. The SMILES string of the molecule is COc1ccc2c3c1O[C@H]1C(=O)CC[C@@]4(OC(=O)/C=C/c5ccc(C)cc5)[C@@H](C2)N(CC2CC2)CC[C@]314. The normalized spacial score (nSPS) is 31.7. The van der Waals surface area contributed by atoms with Crippen LogP contribution in [0.2, 0.25) is 0 Å². The molecule has 1 spiro atoms. The molecule has 0 radical (unpaired) electrons. The van der Waals surface area contributed by atoms with Gasteiger partial charge in [-0.15, -0.1) is 0 Å². The molecule has 2 bridgehead atoms. The number of nitrogens with zero attached hydrogens (tertiary/aromatic N) is 1. The summed E-state index contributed by atoms with van der Waals surface area (Å²) in [6, 6.07) is 12.2. The van der Waals surface area contributed by atoms with Crippen molar-refractivity contribution in [2.24, 2.45) is 5.92 Å². The van der Waals surface area contributed by atoms with Gasteiger partial charge in [0, 0.05) is 24.6 Å². The summed E-state index contributed by atoms with van der Waals surface area (Å²) in [6.07, 6.45) is 7.63. The minimum atomic E-state index is -0.821. The molecule has 1 saturated heterocycles. The molecule has 3 fully saturated rings. The fourth-order valence-electron chi connectivity index (χ4n) is 7.65. The first-order valence-corrected chi connectivity index (χ1v) is 13.6. The third-order valence-electron chi connectivity index (χ3n) is 9.49. The first-order chi connectivity index (χ1) is 17.9. The van der Waals surface area contributed by atoms with Crippen molar-refractivity contribution in [2.75, 3.05) is 20.2 Å². The van der Waals surface area contributed by atoms with Crippen LogP contribution in [0.3, 0.4) is 0 Å². The van der Waals surface area contributed by atoms with E-state index in [0.717, 1.165) is 43.0 Å². The molecule has 192 valence electrons. The average Bonchev–Trinajstić information content (AvgIpc) is 3.64. The number of ketones is 1. The number of carbonyl (C=O) groups is 2. The number of rotatable bonds is 6. The van der Waals surface area contributed by atoms with E-state index < -0.39 is 17.1 Å². The highest BCUT2D eigenvalue weighted by atomic mass is 16.6. The quantitative estimate of drug-likeness (QED) is 0.434. The molecule has 2 aromatic rings. The number of carbonyl (C=O) groups excluding carboxylic acids is 2. The van der Waals surface area contributed by atoms with Crippen molar-refractivity contribution in [3.63, 3.8) is 0 Å². The number of esters is 1. The van der Waals surface area contributed by atoms with Gasteiger partial charge in [-0.05, 0) is 74.8 Å². The summed E-state index contributed by atoms with van der Waals surface area (Å²) in [4.78, 5) is 29.5. The van der Waals surface area contributed by atoms with Crippen LogP contribution in [0, 0.1) is 12.8 Å². The van der Waals surface area contributed by atoms with Gasteiger partial charge in [0.2, 0.25) is 0 Å². The van der Waals surface area contributed by atoms with Gasteiger partial charge in [-0.25, -0.2) is 4.79 Å². The van der Waals surface area contributed by atoms with Crippen molar-refractivity contribution >= 4 is 17.8 Å². The maximum atomic E-state index is 13.5. The smallest absolute Gasteiger partial charge is 0.331 e. The molecule has 0 N–H and O–H groups in total. The van der Waals surface area contributed by atoms with Crippen LogP contribution < -0.4 is 9.47 Å².